The fourth-order valence-electron chi connectivity index (χ4n) is 2.76. The highest BCUT2D eigenvalue weighted by Crippen LogP contribution is 2.34. The molecule has 0 atom stereocenters. The van der Waals surface area contributed by atoms with Gasteiger partial charge in [0, 0.05) is 19.2 Å². The Balaban J connectivity index is 2.09. The Morgan fingerprint density at radius 1 is 1.45 bits per heavy atom. The topological polar surface area (TPSA) is 58.4 Å². The van der Waals surface area contributed by atoms with Crippen molar-refractivity contribution in [2.75, 3.05) is 31.6 Å². The van der Waals surface area contributed by atoms with E-state index >= 15 is 0 Å². The second kappa shape index (κ2) is 6.65. The van der Waals surface area contributed by atoms with E-state index in [9.17, 15) is 14.5 Å². The van der Waals surface area contributed by atoms with Gasteiger partial charge in [-0.3, -0.25) is 10.1 Å². The summed E-state index contributed by atoms with van der Waals surface area (Å²) >= 11 is 0. The second-order valence-electron chi connectivity index (χ2n) is 5.19. The minimum atomic E-state index is -0.508. The van der Waals surface area contributed by atoms with Crippen LogP contribution in [0.5, 0.6) is 0 Å². The number of nitro groups is 1. The van der Waals surface area contributed by atoms with E-state index in [1.165, 1.54) is 18.2 Å². The molecule has 0 radical (unpaired) electrons. The monoisotopic (exact) mass is 281 g/mol. The van der Waals surface area contributed by atoms with Gasteiger partial charge in [0.05, 0.1) is 4.92 Å². The molecule has 5 nitrogen and oxygen atoms in total. The summed E-state index contributed by atoms with van der Waals surface area (Å²) in [4.78, 5) is 12.3. The summed E-state index contributed by atoms with van der Waals surface area (Å²) in [7, 11) is 1.93. The molecule has 1 aliphatic rings. The molecule has 0 aromatic heterocycles. The fraction of sp³-hybridized carbons (Fsp3) is 0.571. The van der Waals surface area contributed by atoms with E-state index in [1.54, 1.807) is 0 Å². The Kier molecular flexibility index (Phi) is 4.89. The van der Waals surface area contributed by atoms with E-state index in [2.05, 4.69) is 5.32 Å². The number of rotatable bonds is 5. The van der Waals surface area contributed by atoms with Crippen LogP contribution in [0.15, 0.2) is 18.2 Å². The van der Waals surface area contributed by atoms with Crippen LogP contribution < -0.4 is 10.2 Å². The number of hydrogen-bond acceptors (Lipinski definition) is 4. The molecule has 0 spiro atoms. The number of hydrogen-bond donors (Lipinski definition) is 1. The quantitative estimate of drug-likeness (QED) is 0.665. The van der Waals surface area contributed by atoms with Crippen LogP contribution in [-0.2, 0) is 0 Å². The molecule has 110 valence electrons. The number of piperidine rings is 1. The SMILES string of the molecule is CNCCC1CCN(c2c(F)cccc2[N+](=O)[O-])CC1. The van der Waals surface area contributed by atoms with Crippen LogP contribution in [0.25, 0.3) is 0 Å². The third-order valence-electron chi connectivity index (χ3n) is 3.90. The zero-order chi connectivity index (χ0) is 14.5. The molecule has 0 unspecified atom stereocenters. The molecular formula is C14H20FN3O2. The first-order valence-corrected chi connectivity index (χ1v) is 6.96. The van der Waals surface area contributed by atoms with Crippen molar-refractivity contribution in [3.63, 3.8) is 0 Å². The average molecular weight is 281 g/mol. The van der Waals surface area contributed by atoms with Crippen molar-refractivity contribution in [3.05, 3.63) is 34.1 Å². The highest BCUT2D eigenvalue weighted by Gasteiger charge is 2.27. The van der Waals surface area contributed by atoms with Crippen LogP contribution in [0.3, 0.4) is 0 Å². The summed E-state index contributed by atoms with van der Waals surface area (Å²) in [5.74, 6) is 0.109. The van der Waals surface area contributed by atoms with E-state index in [-0.39, 0.29) is 11.4 Å². The first-order valence-electron chi connectivity index (χ1n) is 6.96. The summed E-state index contributed by atoms with van der Waals surface area (Å²) < 4.78 is 13.9. The van der Waals surface area contributed by atoms with E-state index in [4.69, 9.17) is 0 Å². The molecule has 1 heterocycles. The van der Waals surface area contributed by atoms with Crippen molar-refractivity contribution in [2.45, 2.75) is 19.3 Å². The van der Waals surface area contributed by atoms with Gasteiger partial charge in [0.15, 0.2) is 11.5 Å². The minimum Gasteiger partial charge on any atom is -0.364 e. The number of nitrogens with zero attached hydrogens (tertiary/aromatic N) is 2. The third kappa shape index (κ3) is 3.25. The predicted molar refractivity (Wildman–Crippen MR) is 76.5 cm³/mol. The standard InChI is InChI=1S/C14H20FN3O2/c1-16-8-5-11-6-9-17(10-7-11)14-12(15)3-2-4-13(14)18(19)20/h2-4,11,16H,5-10H2,1H3. The zero-order valence-electron chi connectivity index (χ0n) is 11.6. The maximum Gasteiger partial charge on any atom is 0.295 e. The van der Waals surface area contributed by atoms with Gasteiger partial charge in [0.1, 0.15) is 0 Å². The molecule has 1 N–H and O–H groups in total. The van der Waals surface area contributed by atoms with E-state index in [0.29, 0.717) is 19.0 Å². The predicted octanol–water partition coefficient (Wildman–Crippen LogP) is 2.56. The van der Waals surface area contributed by atoms with Gasteiger partial charge in [-0.2, -0.15) is 0 Å². The Hall–Kier alpha value is -1.69. The lowest BCUT2D eigenvalue weighted by molar-refractivity contribution is -0.384. The summed E-state index contributed by atoms with van der Waals surface area (Å²) in [6.45, 7) is 2.33. The largest absolute Gasteiger partial charge is 0.364 e. The maximum absolute atomic E-state index is 13.9. The van der Waals surface area contributed by atoms with Crippen molar-refractivity contribution in [1.29, 1.82) is 0 Å². The molecule has 1 aromatic rings. The molecule has 20 heavy (non-hydrogen) atoms. The van der Waals surface area contributed by atoms with Gasteiger partial charge in [-0.1, -0.05) is 6.07 Å². The summed E-state index contributed by atoms with van der Waals surface area (Å²) in [6, 6.07) is 4.04. The highest BCUT2D eigenvalue weighted by atomic mass is 19.1. The molecule has 0 bridgehead atoms. The number of anilines is 1. The molecule has 1 aromatic carbocycles. The van der Waals surface area contributed by atoms with Crippen LogP contribution in [0.2, 0.25) is 0 Å². The van der Waals surface area contributed by atoms with Gasteiger partial charge in [0.2, 0.25) is 0 Å². The smallest absolute Gasteiger partial charge is 0.295 e. The highest BCUT2D eigenvalue weighted by molar-refractivity contribution is 5.64. The summed E-state index contributed by atoms with van der Waals surface area (Å²) in [6.07, 6.45) is 3.00. The minimum absolute atomic E-state index is 0.140. The van der Waals surface area contributed by atoms with Crippen molar-refractivity contribution in [3.8, 4) is 0 Å². The van der Waals surface area contributed by atoms with Gasteiger partial charge >= 0.3 is 0 Å². The van der Waals surface area contributed by atoms with Crippen molar-refractivity contribution in [1.82, 2.24) is 5.32 Å². The van der Waals surface area contributed by atoms with Crippen LogP contribution in [0.4, 0.5) is 15.8 Å². The lowest BCUT2D eigenvalue weighted by Gasteiger charge is -2.33. The fourth-order valence-corrected chi connectivity index (χ4v) is 2.76. The van der Waals surface area contributed by atoms with Gasteiger partial charge in [-0.25, -0.2) is 4.39 Å². The van der Waals surface area contributed by atoms with Gasteiger partial charge in [-0.05, 0) is 44.8 Å². The van der Waals surface area contributed by atoms with Crippen molar-refractivity contribution < 1.29 is 9.31 Å². The van der Waals surface area contributed by atoms with Gasteiger partial charge in [-0.15, -0.1) is 0 Å². The number of nitro benzene ring substituents is 1. The van der Waals surface area contributed by atoms with Crippen LogP contribution in [-0.4, -0.2) is 31.6 Å². The third-order valence-corrected chi connectivity index (χ3v) is 3.90. The van der Waals surface area contributed by atoms with E-state index < -0.39 is 10.7 Å². The molecule has 0 aliphatic carbocycles. The number of para-hydroxylation sites is 1. The molecule has 1 fully saturated rings. The molecule has 2 rings (SSSR count). The van der Waals surface area contributed by atoms with Gasteiger partial charge in [0.25, 0.3) is 5.69 Å². The number of benzene rings is 1. The number of nitrogens with one attached hydrogen (secondary N) is 1. The molecular weight excluding hydrogens is 261 g/mol. The van der Waals surface area contributed by atoms with Crippen molar-refractivity contribution >= 4 is 11.4 Å². The lowest BCUT2D eigenvalue weighted by Crippen LogP contribution is -2.35. The first kappa shape index (κ1) is 14.7. The number of halogens is 1. The Morgan fingerprint density at radius 3 is 2.75 bits per heavy atom. The molecule has 1 aliphatic heterocycles. The van der Waals surface area contributed by atoms with Crippen molar-refractivity contribution in [2.24, 2.45) is 5.92 Å². The molecule has 0 saturated carbocycles. The zero-order valence-corrected chi connectivity index (χ0v) is 11.6. The molecule has 1 saturated heterocycles. The second-order valence-corrected chi connectivity index (χ2v) is 5.19. The summed E-state index contributed by atoms with van der Waals surface area (Å²) in [5.41, 5.74) is 0.00300. The molecule has 0 amide bonds. The van der Waals surface area contributed by atoms with Crippen LogP contribution in [0, 0.1) is 21.8 Å². The normalized spacial score (nSPS) is 16.4. The van der Waals surface area contributed by atoms with E-state index in [0.717, 1.165) is 25.8 Å². The maximum atomic E-state index is 13.9. The average Bonchev–Trinajstić information content (AvgIpc) is 2.45. The Bertz CT molecular complexity index is 473. The first-order chi connectivity index (χ1) is 9.63. The molecule has 6 heteroatoms. The lowest BCUT2D eigenvalue weighted by atomic mass is 9.93. The Labute approximate surface area is 117 Å². The van der Waals surface area contributed by atoms with Gasteiger partial charge < -0.3 is 10.2 Å². The van der Waals surface area contributed by atoms with Crippen LogP contribution >= 0.6 is 0 Å². The van der Waals surface area contributed by atoms with E-state index in [1.807, 2.05) is 11.9 Å². The van der Waals surface area contributed by atoms with Crippen LogP contribution in [0.1, 0.15) is 19.3 Å². The summed E-state index contributed by atoms with van der Waals surface area (Å²) in [5, 5.41) is 14.2. The Morgan fingerprint density at radius 2 is 2.15 bits per heavy atom.